The van der Waals surface area contributed by atoms with Gasteiger partial charge in [0.2, 0.25) is 6.10 Å². The average Bonchev–Trinajstić information content (AvgIpc) is 2.77. The number of rotatable bonds is 2. The zero-order valence-electron chi connectivity index (χ0n) is 8.94. The molecule has 0 bridgehead atoms. The number of carbonyl (C=O) groups excluding carboxylic acids is 1. The summed E-state index contributed by atoms with van der Waals surface area (Å²) >= 11 is 11.8. The van der Waals surface area contributed by atoms with E-state index in [4.69, 9.17) is 28.0 Å². The molecular weight excluding hydrogens is 265 g/mol. The topological polar surface area (TPSA) is 47.9 Å². The van der Waals surface area contributed by atoms with Crippen LogP contribution >= 0.6 is 23.2 Å². The summed E-state index contributed by atoms with van der Waals surface area (Å²) in [4.78, 5) is 16.2. The maximum absolute atomic E-state index is 11.3. The summed E-state index contributed by atoms with van der Waals surface area (Å²) in [6.07, 6.45) is -0.352. The van der Waals surface area contributed by atoms with E-state index in [-0.39, 0.29) is 0 Å². The molecule has 1 atom stereocenters. The van der Waals surface area contributed by atoms with Gasteiger partial charge in [0.05, 0.1) is 17.8 Å². The van der Waals surface area contributed by atoms with Gasteiger partial charge in [-0.15, -0.1) is 0 Å². The van der Waals surface area contributed by atoms with Crippen molar-refractivity contribution < 1.29 is 14.4 Å². The first-order valence-corrected chi connectivity index (χ1v) is 5.63. The van der Waals surface area contributed by atoms with Crippen LogP contribution in [0.3, 0.4) is 0 Å². The fourth-order valence-corrected chi connectivity index (χ4v) is 2.04. The lowest BCUT2D eigenvalue weighted by Gasteiger charge is -2.05. The van der Waals surface area contributed by atoms with Gasteiger partial charge in [-0.3, -0.25) is 0 Å². The average molecular weight is 274 g/mol. The van der Waals surface area contributed by atoms with E-state index in [1.165, 1.54) is 7.11 Å². The Morgan fingerprint density at radius 3 is 2.94 bits per heavy atom. The molecule has 1 aromatic carbocycles. The first-order valence-electron chi connectivity index (χ1n) is 4.87. The number of carbonyl (C=O) groups is 1. The molecule has 1 aromatic rings. The standard InChI is InChI=1S/C11H9Cl2NO3/c1-16-11(15)10-5-9(14-17-10)7-3-2-6(12)4-8(7)13/h2-4,10H,5H2,1H3. The quantitative estimate of drug-likeness (QED) is 0.779. The summed E-state index contributed by atoms with van der Waals surface area (Å²) in [6, 6.07) is 5.07. The fourth-order valence-electron chi connectivity index (χ4n) is 1.52. The number of hydrogen-bond acceptors (Lipinski definition) is 4. The maximum atomic E-state index is 11.3. The van der Waals surface area contributed by atoms with Gasteiger partial charge < -0.3 is 9.57 Å². The first-order chi connectivity index (χ1) is 8.11. The number of nitrogens with zero attached hydrogens (tertiary/aromatic N) is 1. The highest BCUT2D eigenvalue weighted by molar-refractivity contribution is 6.37. The smallest absolute Gasteiger partial charge is 0.350 e. The molecule has 0 spiro atoms. The number of halogens is 2. The predicted molar refractivity (Wildman–Crippen MR) is 64.5 cm³/mol. The Labute approximate surface area is 108 Å². The van der Waals surface area contributed by atoms with Crippen LogP contribution in [0.2, 0.25) is 10.0 Å². The van der Waals surface area contributed by atoms with Crippen LogP contribution < -0.4 is 0 Å². The molecule has 0 saturated heterocycles. The van der Waals surface area contributed by atoms with E-state index in [2.05, 4.69) is 9.89 Å². The Kier molecular flexibility index (Phi) is 3.54. The van der Waals surface area contributed by atoms with E-state index in [1.807, 2.05) is 0 Å². The molecule has 0 fully saturated rings. The van der Waals surface area contributed by atoms with Crippen molar-refractivity contribution in [3.8, 4) is 0 Å². The van der Waals surface area contributed by atoms with Gasteiger partial charge in [-0.05, 0) is 12.1 Å². The summed E-state index contributed by atoms with van der Waals surface area (Å²) in [5, 5.41) is 4.86. The molecule has 2 rings (SSSR count). The lowest BCUT2D eigenvalue weighted by molar-refractivity contribution is -0.152. The van der Waals surface area contributed by atoms with Crippen molar-refractivity contribution in [1.29, 1.82) is 0 Å². The molecular formula is C11H9Cl2NO3. The van der Waals surface area contributed by atoms with Gasteiger partial charge >= 0.3 is 5.97 Å². The van der Waals surface area contributed by atoms with Crippen LogP contribution in [-0.2, 0) is 14.4 Å². The van der Waals surface area contributed by atoms with E-state index in [1.54, 1.807) is 18.2 Å². The van der Waals surface area contributed by atoms with E-state index in [0.717, 1.165) is 0 Å². The second-order valence-corrected chi connectivity index (χ2v) is 4.33. The van der Waals surface area contributed by atoms with Gasteiger partial charge in [-0.2, -0.15) is 0 Å². The Hall–Kier alpha value is -1.26. The molecule has 17 heavy (non-hydrogen) atoms. The third-order valence-corrected chi connectivity index (χ3v) is 2.92. The molecule has 1 aliphatic rings. The Bertz CT molecular complexity index is 488. The molecule has 6 heteroatoms. The monoisotopic (exact) mass is 273 g/mol. The summed E-state index contributed by atoms with van der Waals surface area (Å²) in [6.45, 7) is 0. The fraction of sp³-hybridized carbons (Fsp3) is 0.273. The largest absolute Gasteiger partial charge is 0.466 e. The van der Waals surface area contributed by atoms with Crippen LogP contribution in [0.15, 0.2) is 23.4 Å². The zero-order chi connectivity index (χ0) is 12.4. The number of esters is 1. The van der Waals surface area contributed by atoms with Crippen molar-refractivity contribution in [2.24, 2.45) is 5.16 Å². The molecule has 0 radical (unpaired) electrons. The van der Waals surface area contributed by atoms with Crippen molar-refractivity contribution in [2.75, 3.05) is 7.11 Å². The van der Waals surface area contributed by atoms with E-state index in [0.29, 0.717) is 27.7 Å². The Balaban J connectivity index is 2.18. The number of methoxy groups -OCH3 is 1. The SMILES string of the molecule is COC(=O)C1CC(c2ccc(Cl)cc2Cl)=NO1. The van der Waals surface area contributed by atoms with Crippen LogP contribution in [0.4, 0.5) is 0 Å². The van der Waals surface area contributed by atoms with Gasteiger partial charge in [0.25, 0.3) is 0 Å². The minimum absolute atomic E-state index is 0.341. The van der Waals surface area contributed by atoms with Gasteiger partial charge in [-0.25, -0.2) is 4.79 Å². The highest BCUT2D eigenvalue weighted by Crippen LogP contribution is 2.26. The molecule has 90 valence electrons. The second-order valence-electron chi connectivity index (χ2n) is 3.48. The Morgan fingerprint density at radius 2 is 2.29 bits per heavy atom. The molecule has 0 amide bonds. The highest BCUT2D eigenvalue weighted by Gasteiger charge is 2.30. The van der Waals surface area contributed by atoms with Gasteiger partial charge in [0.1, 0.15) is 0 Å². The van der Waals surface area contributed by atoms with Crippen molar-refractivity contribution in [1.82, 2.24) is 0 Å². The zero-order valence-corrected chi connectivity index (χ0v) is 10.5. The summed E-state index contributed by atoms with van der Waals surface area (Å²) in [7, 11) is 1.30. The van der Waals surface area contributed by atoms with Gasteiger partial charge in [-0.1, -0.05) is 34.4 Å². The summed E-state index contributed by atoms with van der Waals surface area (Å²) in [5.41, 5.74) is 1.32. The lowest BCUT2D eigenvalue weighted by Crippen LogP contribution is -2.22. The normalized spacial score (nSPS) is 18.5. The third-order valence-electron chi connectivity index (χ3n) is 2.37. The number of hydrogen-bond donors (Lipinski definition) is 0. The number of benzene rings is 1. The first kappa shape index (κ1) is 12.2. The molecule has 0 aromatic heterocycles. The van der Waals surface area contributed by atoms with E-state index >= 15 is 0 Å². The predicted octanol–water partition coefficient (Wildman–Crippen LogP) is 2.66. The van der Waals surface area contributed by atoms with Crippen molar-refractivity contribution in [3.05, 3.63) is 33.8 Å². The molecule has 1 unspecified atom stereocenters. The van der Waals surface area contributed by atoms with Crippen LogP contribution in [0.1, 0.15) is 12.0 Å². The molecule has 0 aliphatic carbocycles. The minimum atomic E-state index is -0.693. The van der Waals surface area contributed by atoms with Gasteiger partial charge in [0, 0.05) is 17.0 Å². The van der Waals surface area contributed by atoms with Gasteiger partial charge in [0.15, 0.2) is 0 Å². The molecule has 4 nitrogen and oxygen atoms in total. The molecule has 1 heterocycles. The maximum Gasteiger partial charge on any atom is 0.350 e. The van der Waals surface area contributed by atoms with Crippen molar-refractivity contribution in [2.45, 2.75) is 12.5 Å². The third kappa shape index (κ3) is 2.53. The van der Waals surface area contributed by atoms with E-state index in [9.17, 15) is 4.79 Å². The van der Waals surface area contributed by atoms with E-state index < -0.39 is 12.1 Å². The number of ether oxygens (including phenoxy) is 1. The Morgan fingerprint density at radius 1 is 1.53 bits per heavy atom. The summed E-state index contributed by atoms with van der Waals surface area (Å²) in [5.74, 6) is -0.450. The van der Waals surface area contributed by atoms with Crippen LogP contribution in [0, 0.1) is 0 Å². The van der Waals surface area contributed by atoms with Crippen molar-refractivity contribution >= 4 is 34.9 Å². The molecule has 0 saturated carbocycles. The van der Waals surface area contributed by atoms with Crippen molar-refractivity contribution in [3.63, 3.8) is 0 Å². The highest BCUT2D eigenvalue weighted by atomic mass is 35.5. The summed E-state index contributed by atoms with van der Waals surface area (Å²) < 4.78 is 4.58. The minimum Gasteiger partial charge on any atom is -0.466 e. The molecule has 1 aliphatic heterocycles. The van der Waals surface area contributed by atoms with Crippen LogP contribution in [-0.4, -0.2) is 24.9 Å². The number of oxime groups is 1. The molecule has 0 N–H and O–H groups in total. The van der Waals surface area contributed by atoms with Crippen LogP contribution in [0.5, 0.6) is 0 Å². The second kappa shape index (κ2) is 4.94. The van der Waals surface area contributed by atoms with Crippen LogP contribution in [0.25, 0.3) is 0 Å². The lowest BCUT2D eigenvalue weighted by atomic mass is 10.1.